The van der Waals surface area contributed by atoms with Crippen LogP contribution in [0.4, 0.5) is 0 Å². The zero-order valence-electron chi connectivity index (χ0n) is 16.9. The molecule has 1 aliphatic rings. The van der Waals surface area contributed by atoms with Crippen molar-refractivity contribution < 1.29 is 9.68 Å². The van der Waals surface area contributed by atoms with Gasteiger partial charge in [-0.25, -0.2) is 0 Å². The van der Waals surface area contributed by atoms with Crippen molar-refractivity contribution in [1.29, 1.82) is 0 Å². The van der Waals surface area contributed by atoms with Crippen molar-refractivity contribution >= 4 is 5.71 Å². The standard InChI is InChI=1S/C21H34N2O2/c1-8-20(5)15-19(22-24-7)16(3)21(6,9-2)23(20)25-17(4)18-13-11-10-12-14-18/h10-14,16-17H,8-9,15H2,1-7H3. The molecule has 4 unspecified atom stereocenters. The van der Waals surface area contributed by atoms with Crippen LogP contribution >= 0.6 is 0 Å². The van der Waals surface area contributed by atoms with Gasteiger partial charge in [0, 0.05) is 17.9 Å². The first-order chi connectivity index (χ1) is 11.8. The molecule has 2 rings (SSSR count). The number of hydroxylamine groups is 2. The van der Waals surface area contributed by atoms with Gasteiger partial charge in [-0.05, 0) is 39.2 Å². The van der Waals surface area contributed by atoms with E-state index in [4.69, 9.17) is 9.68 Å². The molecule has 4 heteroatoms. The summed E-state index contributed by atoms with van der Waals surface area (Å²) < 4.78 is 0. The summed E-state index contributed by atoms with van der Waals surface area (Å²) in [5, 5.41) is 6.63. The topological polar surface area (TPSA) is 34.1 Å². The fourth-order valence-corrected chi connectivity index (χ4v) is 3.90. The van der Waals surface area contributed by atoms with Crippen molar-refractivity contribution in [3.05, 3.63) is 35.9 Å². The zero-order valence-corrected chi connectivity index (χ0v) is 16.9. The Morgan fingerprint density at radius 3 is 2.36 bits per heavy atom. The Hall–Kier alpha value is -1.39. The van der Waals surface area contributed by atoms with Crippen LogP contribution in [0.25, 0.3) is 0 Å². The fraction of sp³-hybridized carbons (Fsp3) is 0.667. The molecule has 140 valence electrons. The van der Waals surface area contributed by atoms with Crippen LogP contribution in [0, 0.1) is 5.92 Å². The third kappa shape index (κ3) is 3.75. The number of hydrogen-bond donors (Lipinski definition) is 0. The summed E-state index contributed by atoms with van der Waals surface area (Å²) in [4.78, 5) is 11.8. The van der Waals surface area contributed by atoms with Gasteiger partial charge in [-0.3, -0.25) is 4.84 Å². The summed E-state index contributed by atoms with van der Waals surface area (Å²) >= 11 is 0. The Morgan fingerprint density at radius 2 is 1.84 bits per heavy atom. The first-order valence-electron chi connectivity index (χ1n) is 9.44. The Bertz CT molecular complexity index is 589. The first kappa shape index (κ1) is 19.9. The fourth-order valence-electron chi connectivity index (χ4n) is 3.90. The van der Waals surface area contributed by atoms with Crippen molar-refractivity contribution in [3.63, 3.8) is 0 Å². The number of benzene rings is 1. The van der Waals surface area contributed by atoms with Crippen molar-refractivity contribution in [2.75, 3.05) is 7.11 Å². The van der Waals surface area contributed by atoms with Gasteiger partial charge < -0.3 is 4.84 Å². The van der Waals surface area contributed by atoms with E-state index >= 15 is 0 Å². The summed E-state index contributed by atoms with van der Waals surface area (Å²) in [6.07, 6.45) is 2.83. The maximum atomic E-state index is 6.62. The number of piperidine rings is 1. The molecule has 1 aliphatic heterocycles. The second-order valence-corrected chi connectivity index (χ2v) is 7.68. The Kier molecular flexibility index (Phi) is 6.28. The van der Waals surface area contributed by atoms with Crippen molar-refractivity contribution in [2.24, 2.45) is 11.1 Å². The molecule has 1 saturated heterocycles. The molecule has 1 aromatic rings. The van der Waals surface area contributed by atoms with Gasteiger partial charge in [0.1, 0.15) is 13.2 Å². The average Bonchev–Trinajstić information content (AvgIpc) is 2.64. The molecule has 0 N–H and O–H groups in total. The molecule has 0 aromatic heterocycles. The van der Waals surface area contributed by atoms with E-state index in [1.54, 1.807) is 7.11 Å². The predicted molar refractivity (Wildman–Crippen MR) is 103 cm³/mol. The number of rotatable bonds is 6. The van der Waals surface area contributed by atoms with Crippen LogP contribution in [0.2, 0.25) is 0 Å². The molecule has 4 atom stereocenters. The van der Waals surface area contributed by atoms with E-state index < -0.39 is 0 Å². The normalized spacial score (nSPS) is 33.4. The highest BCUT2D eigenvalue weighted by atomic mass is 16.7. The average molecular weight is 347 g/mol. The highest BCUT2D eigenvalue weighted by molar-refractivity contribution is 5.89. The van der Waals surface area contributed by atoms with Crippen LogP contribution in [0.3, 0.4) is 0 Å². The van der Waals surface area contributed by atoms with Crippen LogP contribution in [0.5, 0.6) is 0 Å². The molecule has 0 radical (unpaired) electrons. The van der Waals surface area contributed by atoms with E-state index in [9.17, 15) is 0 Å². The van der Waals surface area contributed by atoms with E-state index in [-0.39, 0.29) is 23.1 Å². The summed E-state index contributed by atoms with van der Waals surface area (Å²) in [6.45, 7) is 13.4. The lowest BCUT2D eigenvalue weighted by Gasteiger charge is -2.57. The Balaban J connectivity index is 2.39. The van der Waals surface area contributed by atoms with E-state index in [1.807, 2.05) is 6.07 Å². The largest absolute Gasteiger partial charge is 0.399 e. The van der Waals surface area contributed by atoms with Crippen molar-refractivity contribution in [3.8, 4) is 0 Å². The molecule has 0 spiro atoms. The van der Waals surface area contributed by atoms with Crippen LogP contribution in [0.15, 0.2) is 35.5 Å². The first-order valence-corrected chi connectivity index (χ1v) is 9.44. The molecular weight excluding hydrogens is 312 g/mol. The van der Waals surface area contributed by atoms with Crippen molar-refractivity contribution in [2.45, 2.75) is 78.0 Å². The van der Waals surface area contributed by atoms with E-state index in [0.717, 1.165) is 25.0 Å². The van der Waals surface area contributed by atoms with Crippen LogP contribution in [0.1, 0.15) is 72.5 Å². The molecule has 1 heterocycles. The van der Waals surface area contributed by atoms with E-state index in [1.165, 1.54) is 5.56 Å². The Labute approximate surface area is 153 Å². The van der Waals surface area contributed by atoms with Crippen LogP contribution in [-0.2, 0) is 9.68 Å². The molecular formula is C21H34N2O2. The van der Waals surface area contributed by atoms with Gasteiger partial charge in [0.2, 0.25) is 0 Å². The molecule has 0 saturated carbocycles. The smallest absolute Gasteiger partial charge is 0.106 e. The summed E-state index contributed by atoms with van der Waals surface area (Å²) in [5.41, 5.74) is 2.08. The molecule has 25 heavy (non-hydrogen) atoms. The minimum absolute atomic E-state index is 0.00561. The lowest BCUT2D eigenvalue weighted by atomic mass is 9.70. The highest BCUT2D eigenvalue weighted by Crippen LogP contribution is 2.45. The zero-order chi connectivity index (χ0) is 18.7. The minimum atomic E-state index is -0.136. The second kappa shape index (κ2) is 7.88. The van der Waals surface area contributed by atoms with Gasteiger partial charge >= 0.3 is 0 Å². The monoisotopic (exact) mass is 346 g/mol. The highest BCUT2D eigenvalue weighted by Gasteiger charge is 2.53. The predicted octanol–water partition coefficient (Wildman–Crippen LogP) is 5.36. The van der Waals surface area contributed by atoms with Crippen molar-refractivity contribution in [1.82, 2.24) is 5.06 Å². The van der Waals surface area contributed by atoms with Gasteiger partial charge in [0.25, 0.3) is 0 Å². The minimum Gasteiger partial charge on any atom is -0.399 e. The van der Waals surface area contributed by atoms with E-state index in [0.29, 0.717) is 0 Å². The number of oxime groups is 1. The lowest BCUT2D eigenvalue weighted by molar-refractivity contribution is -0.310. The van der Waals surface area contributed by atoms with Gasteiger partial charge in [0.05, 0.1) is 11.3 Å². The molecule has 0 amide bonds. The van der Waals surface area contributed by atoms with Gasteiger partial charge in [-0.15, -0.1) is 0 Å². The SMILES string of the molecule is CCC1(C)CC(=NOC)C(C)C(C)(CC)N1OC(C)c1ccccc1. The maximum absolute atomic E-state index is 6.62. The number of hydrogen-bond acceptors (Lipinski definition) is 4. The summed E-state index contributed by atoms with van der Waals surface area (Å²) in [7, 11) is 1.63. The van der Waals surface area contributed by atoms with E-state index in [2.05, 4.69) is 76.0 Å². The van der Waals surface area contributed by atoms with Crippen LogP contribution in [-0.4, -0.2) is 29.0 Å². The summed E-state index contributed by atoms with van der Waals surface area (Å²) in [5.74, 6) is 0.264. The van der Waals surface area contributed by atoms with Gasteiger partial charge in [-0.2, -0.15) is 5.06 Å². The molecule has 1 aromatic carbocycles. The summed E-state index contributed by atoms with van der Waals surface area (Å²) in [6, 6.07) is 10.4. The van der Waals surface area contributed by atoms with Gasteiger partial charge in [0.15, 0.2) is 0 Å². The quantitative estimate of drug-likeness (QED) is 0.650. The second-order valence-electron chi connectivity index (χ2n) is 7.68. The lowest BCUT2D eigenvalue weighted by Crippen LogP contribution is -2.66. The molecule has 0 aliphatic carbocycles. The molecule has 4 nitrogen and oxygen atoms in total. The maximum Gasteiger partial charge on any atom is 0.106 e. The van der Waals surface area contributed by atoms with Crippen LogP contribution < -0.4 is 0 Å². The molecule has 0 bridgehead atoms. The van der Waals surface area contributed by atoms with Gasteiger partial charge in [-0.1, -0.05) is 56.3 Å². The Morgan fingerprint density at radius 1 is 1.20 bits per heavy atom. The molecule has 1 fully saturated rings. The third-order valence-corrected chi connectivity index (χ3v) is 6.17. The third-order valence-electron chi connectivity index (χ3n) is 6.17. The number of nitrogens with zero attached hydrogens (tertiary/aromatic N) is 2.